The molecule has 0 amide bonds. The zero-order chi connectivity index (χ0) is 23.7. The number of aromatic nitrogens is 3. The Morgan fingerprint density at radius 2 is 2.06 bits per heavy atom. The summed E-state index contributed by atoms with van der Waals surface area (Å²) in [7, 11) is 1.48. The molecule has 0 aliphatic carbocycles. The zero-order valence-electron chi connectivity index (χ0n) is 19.2. The standard InChI is InChI=1S/C24H30FN5O3/c1-13-5-6-19(25)14(2)22(13)15(3)33-21-7-16(9-28-23(21)26)17-10-29-30(12-17)18-8-20(27-11-18)24(31)32-4/h5-7,9-10,12,15,18,20,24,27,31H,8,11H2,1-4H3,(H2,26,28). The molecule has 1 saturated heterocycles. The van der Waals surface area contributed by atoms with E-state index in [9.17, 15) is 9.50 Å². The Hall–Kier alpha value is -3.01. The topological polar surface area (TPSA) is 107 Å². The highest BCUT2D eigenvalue weighted by Crippen LogP contribution is 2.33. The van der Waals surface area contributed by atoms with Crippen LogP contribution in [0.3, 0.4) is 0 Å². The molecule has 0 saturated carbocycles. The van der Waals surface area contributed by atoms with Crippen molar-refractivity contribution < 1.29 is 19.0 Å². The lowest BCUT2D eigenvalue weighted by atomic mass is 9.98. The van der Waals surface area contributed by atoms with Gasteiger partial charge in [0.1, 0.15) is 11.9 Å². The molecule has 4 N–H and O–H groups in total. The van der Waals surface area contributed by atoms with Crippen molar-refractivity contribution in [3.8, 4) is 16.9 Å². The first-order valence-electron chi connectivity index (χ1n) is 10.9. The van der Waals surface area contributed by atoms with E-state index in [1.807, 2.05) is 30.8 Å². The third-order valence-electron chi connectivity index (χ3n) is 6.30. The minimum absolute atomic E-state index is 0.102. The number of rotatable bonds is 7. The highest BCUT2D eigenvalue weighted by Gasteiger charge is 2.31. The molecule has 0 spiro atoms. The fourth-order valence-electron chi connectivity index (χ4n) is 4.44. The van der Waals surface area contributed by atoms with Crippen LogP contribution >= 0.6 is 0 Å². The predicted molar refractivity (Wildman–Crippen MR) is 123 cm³/mol. The van der Waals surface area contributed by atoms with Gasteiger partial charge in [0.15, 0.2) is 17.9 Å². The van der Waals surface area contributed by atoms with Gasteiger partial charge in [-0.3, -0.25) is 4.68 Å². The summed E-state index contributed by atoms with van der Waals surface area (Å²) in [6.45, 7) is 6.24. The SMILES string of the molecule is COC(O)C1CC(n2cc(-c3cnc(N)c(OC(C)c4c(C)ccc(F)c4C)c3)cn2)CN1. The van der Waals surface area contributed by atoms with Crippen LogP contribution in [0.4, 0.5) is 10.2 Å². The molecule has 33 heavy (non-hydrogen) atoms. The first kappa shape index (κ1) is 23.2. The molecule has 0 radical (unpaired) electrons. The second kappa shape index (κ2) is 9.46. The Morgan fingerprint density at radius 3 is 2.82 bits per heavy atom. The first-order valence-corrected chi connectivity index (χ1v) is 10.9. The van der Waals surface area contributed by atoms with Gasteiger partial charge in [-0.15, -0.1) is 0 Å². The Labute approximate surface area is 192 Å². The lowest BCUT2D eigenvalue weighted by molar-refractivity contribution is -0.0937. The van der Waals surface area contributed by atoms with Gasteiger partial charge >= 0.3 is 0 Å². The van der Waals surface area contributed by atoms with Crippen molar-refractivity contribution in [2.45, 2.75) is 51.7 Å². The maximum atomic E-state index is 14.1. The monoisotopic (exact) mass is 455 g/mol. The summed E-state index contributed by atoms with van der Waals surface area (Å²) in [6.07, 6.45) is 4.83. The quantitative estimate of drug-likeness (QED) is 0.469. The second-order valence-electron chi connectivity index (χ2n) is 8.51. The molecule has 4 unspecified atom stereocenters. The van der Waals surface area contributed by atoms with Crippen molar-refractivity contribution in [3.63, 3.8) is 0 Å². The number of aliphatic hydroxyl groups excluding tert-OH is 1. The van der Waals surface area contributed by atoms with Gasteiger partial charge in [-0.05, 0) is 50.5 Å². The summed E-state index contributed by atoms with van der Waals surface area (Å²) in [5, 5.41) is 17.7. The number of aliphatic hydroxyl groups is 1. The van der Waals surface area contributed by atoms with E-state index in [0.29, 0.717) is 24.3 Å². The smallest absolute Gasteiger partial charge is 0.169 e. The highest BCUT2D eigenvalue weighted by atomic mass is 19.1. The van der Waals surface area contributed by atoms with Gasteiger partial charge in [-0.25, -0.2) is 9.37 Å². The number of nitrogen functional groups attached to an aromatic ring is 1. The molecular formula is C24H30FN5O3. The molecule has 8 nitrogen and oxygen atoms in total. The third kappa shape index (κ3) is 4.71. The molecule has 176 valence electrons. The van der Waals surface area contributed by atoms with E-state index in [4.69, 9.17) is 15.2 Å². The molecular weight excluding hydrogens is 425 g/mol. The van der Waals surface area contributed by atoms with E-state index in [1.54, 1.807) is 25.4 Å². The molecule has 9 heteroatoms. The van der Waals surface area contributed by atoms with E-state index in [-0.39, 0.29) is 23.7 Å². The van der Waals surface area contributed by atoms with Crippen LogP contribution in [0.2, 0.25) is 0 Å². The van der Waals surface area contributed by atoms with Crippen molar-refractivity contribution in [1.29, 1.82) is 0 Å². The Kier molecular flexibility index (Phi) is 6.64. The van der Waals surface area contributed by atoms with E-state index in [1.165, 1.54) is 13.2 Å². The predicted octanol–water partition coefficient (Wildman–Crippen LogP) is 3.29. The molecule has 3 aromatic rings. The van der Waals surface area contributed by atoms with Crippen molar-refractivity contribution >= 4 is 5.82 Å². The van der Waals surface area contributed by atoms with Crippen molar-refractivity contribution in [1.82, 2.24) is 20.1 Å². The van der Waals surface area contributed by atoms with Gasteiger partial charge in [-0.1, -0.05) is 6.07 Å². The minimum Gasteiger partial charge on any atom is -0.482 e. The number of nitrogens with one attached hydrogen (secondary N) is 1. The number of benzene rings is 1. The van der Waals surface area contributed by atoms with Gasteiger partial charge < -0.3 is 25.6 Å². The van der Waals surface area contributed by atoms with E-state index in [2.05, 4.69) is 15.4 Å². The number of hydrogen-bond donors (Lipinski definition) is 3. The lowest BCUT2D eigenvalue weighted by Crippen LogP contribution is -2.35. The van der Waals surface area contributed by atoms with Crippen LogP contribution in [0.15, 0.2) is 36.8 Å². The molecule has 1 aromatic carbocycles. The summed E-state index contributed by atoms with van der Waals surface area (Å²) in [5.41, 5.74) is 10.1. The van der Waals surface area contributed by atoms with Crippen LogP contribution in [0.5, 0.6) is 5.75 Å². The summed E-state index contributed by atoms with van der Waals surface area (Å²) in [5.74, 6) is 0.433. The lowest BCUT2D eigenvalue weighted by Gasteiger charge is -2.20. The highest BCUT2D eigenvalue weighted by molar-refractivity contribution is 5.66. The van der Waals surface area contributed by atoms with Crippen LogP contribution in [0.1, 0.15) is 42.2 Å². The maximum Gasteiger partial charge on any atom is 0.169 e. The van der Waals surface area contributed by atoms with Crippen LogP contribution < -0.4 is 15.8 Å². The summed E-state index contributed by atoms with van der Waals surface area (Å²) in [6, 6.07) is 5.01. The van der Waals surface area contributed by atoms with E-state index in [0.717, 1.165) is 22.3 Å². The van der Waals surface area contributed by atoms with E-state index >= 15 is 0 Å². The third-order valence-corrected chi connectivity index (χ3v) is 6.30. The summed E-state index contributed by atoms with van der Waals surface area (Å²) < 4.78 is 27.1. The van der Waals surface area contributed by atoms with Crippen LogP contribution in [-0.4, -0.2) is 45.9 Å². The normalized spacial score (nSPS) is 20.1. The van der Waals surface area contributed by atoms with Crippen molar-refractivity contribution in [2.75, 3.05) is 19.4 Å². The molecule has 1 aliphatic heterocycles. The van der Waals surface area contributed by atoms with Crippen LogP contribution in [-0.2, 0) is 4.74 Å². The summed E-state index contributed by atoms with van der Waals surface area (Å²) in [4.78, 5) is 4.30. The number of methoxy groups -OCH3 is 1. The van der Waals surface area contributed by atoms with Gasteiger partial charge in [0, 0.05) is 42.7 Å². The average molecular weight is 456 g/mol. The fourth-order valence-corrected chi connectivity index (χ4v) is 4.44. The zero-order valence-corrected chi connectivity index (χ0v) is 19.2. The Morgan fingerprint density at radius 1 is 1.27 bits per heavy atom. The van der Waals surface area contributed by atoms with Crippen molar-refractivity contribution in [2.24, 2.45) is 0 Å². The van der Waals surface area contributed by atoms with Gasteiger partial charge in [0.25, 0.3) is 0 Å². The number of anilines is 1. The first-order chi connectivity index (χ1) is 15.8. The molecule has 1 fully saturated rings. The number of aryl methyl sites for hydroxylation is 1. The minimum atomic E-state index is -0.849. The molecule has 0 bridgehead atoms. The average Bonchev–Trinajstić information content (AvgIpc) is 3.47. The molecule has 3 heterocycles. The fraction of sp³-hybridized carbons (Fsp3) is 0.417. The molecule has 4 rings (SSSR count). The Balaban J connectivity index is 1.53. The Bertz CT molecular complexity index is 1140. The molecule has 4 atom stereocenters. The number of ether oxygens (including phenoxy) is 2. The number of nitrogens with zero attached hydrogens (tertiary/aromatic N) is 3. The van der Waals surface area contributed by atoms with Gasteiger partial charge in [0.05, 0.1) is 18.3 Å². The molecule has 1 aliphatic rings. The maximum absolute atomic E-state index is 14.1. The van der Waals surface area contributed by atoms with Gasteiger partial charge in [0.2, 0.25) is 0 Å². The number of pyridine rings is 1. The summed E-state index contributed by atoms with van der Waals surface area (Å²) >= 11 is 0. The number of halogens is 1. The van der Waals surface area contributed by atoms with Crippen molar-refractivity contribution in [3.05, 3.63) is 59.3 Å². The van der Waals surface area contributed by atoms with Crippen LogP contribution in [0.25, 0.3) is 11.1 Å². The second-order valence-corrected chi connectivity index (χ2v) is 8.51. The molecule has 2 aromatic heterocycles. The number of hydrogen-bond acceptors (Lipinski definition) is 7. The van der Waals surface area contributed by atoms with Crippen LogP contribution in [0, 0.1) is 19.7 Å². The largest absolute Gasteiger partial charge is 0.482 e. The number of nitrogens with two attached hydrogens (primary N) is 1. The van der Waals surface area contributed by atoms with Gasteiger partial charge in [-0.2, -0.15) is 5.10 Å². The van der Waals surface area contributed by atoms with E-state index < -0.39 is 12.4 Å².